The maximum absolute atomic E-state index is 12.9. The zero-order valence-corrected chi connectivity index (χ0v) is 15.3. The molecule has 26 heavy (non-hydrogen) atoms. The molecule has 0 bridgehead atoms. The van der Waals surface area contributed by atoms with Crippen molar-refractivity contribution >= 4 is 57.7 Å². The molecule has 132 valence electrons. The molecule has 0 spiro atoms. The summed E-state index contributed by atoms with van der Waals surface area (Å²) in [5.41, 5.74) is 2.57. The molecule has 1 N–H and O–H groups in total. The van der Waals surface area contributed by atoms with Crippen LogP contribution in [-0.2, 0) is 9.59 Å². The molecule has 8 heteroatoms. The van der Waals surface area contributed by atoms with Gasteiger partial charge in [-0.25, -0.2) is 4.98 Å². The number of aromatic nitrogens is 1. The van der Waals surface area contributed by atoms with Gasteiger partial charge in [-0.15, -0.1) is 0 Å². The molecule has 0 saturated heterocycles. The van der Waals surface area contributed by atoms with Gasteiger partial charge in [-0.3, -0.25) is 14.5 Å². The number of anilines is 2. The van der Waals surface area contributed by atoms with Crippen LogP contribution in [0.15, 0.2) is 52.1 Å². The van der Waals surface area contributed by atoms with Crippen molar-refractivity contribution in [3.05, 3.63) is 47.5 Å². The zero-order valence-electron chi connectivity index (χ0n) is 13.7. The van der Waals surface area contributed by atoms with Crippen molar-refractivity contribution in [1.82, 2.24) is 4.98 Å². The first kappa shape index (κ1) is 16.9. The molecule has 6 nitrogen and oxygen atoms in total. The van der Waals surface area contributed by atoms with Gasteiger partial charge in [0.15, 0.2) is 5.58 Å². The van der Waals surface area contributed by atoms with E-state index in [0.717, 1.165) is 0 Å². The minimum atomic E-state index is -0.475. The summed E-state index contributed by atoms with van der Waals surface area (Å²) in [6, 6.07) is 12.4. The maximum Gasteiger partial charge on any atom is 0.257 e. The Balaban J connectivity index is 1.57. The van der Waals surface area contributed by atoms with Crippen LogP contribution in [-0.4, -0.2) is 28.6 Å². The SMILES string of the molecule is C[C@@H](Sc1nc2ccc(Cl)cc2o1)C(=O)N1CC(=O)Nc2ccccc21. The van der Waals surface area contributed by atoms with Crippen molar-refractivity contribution in [2.75, 3.05) is 16.8 Å². The quantitative estimate of drug-likeness (QED) is 0.689. The minimum absolute atomic E-state index is 0.0100. The number of nitrogens with zero attached hydrogens (tertiary/aromatic N) is 2. The first-order valence-electron chi connectivity index (χ1n) is 7.94. The molecule has 1 aliphatic rings. The molecule has 0 aliphatic carbocycles. The minimum Gasteiger partial charge on any atom is -0.431 e. The van der Waals surface area contributed by atoms with Gasteiger partial charge in [-0.05, 0) is 31.2 Å². The Kier molecular flexibility index (Phi) is 4.34. The van der Waals surface area contributed by atoms with Gasteiger partial charge in [0.25, 0.3) is 5.22 Å². The normalized spacial score (nSPS) is 14.8. The van der Waals surface area contributed by atoms with Gasteiger partial charge in [0.2, 0.25) is 11.8 Å². The summed E-state index contributed by atoms with van der Waals surface area (Å²) in [5.74, 6) is -0.400. The number of rotatable bonds is 3. The van der Waals surface area contributed by atoms with Crippen molar-refractivity contribution in [3.63, 3.8) is 0 Å². The van der Waals surface area contributed by atoms with Crippen molar-refractivity contribution in [2.24, 2.45) is 0 Å². The fourth-order valence-corrected chi connectivity index (χ4v) is 3.76. The highest BCUT2D eigenvalue weighted by molar-refractivity contribution is 8.00. The van der Waals surface area contributed by atoms with E-state index in [4.69, 9.17) is 16.0 Å². The Morgan fingerprint density at radius 3 is 3.00 bits per heavy atom. The van der Waals surface area contributed by atoms with Crippen LogP contribution in [0.5, 0.6) is 0 Å². The van der Waals surface area contributed by atoms with Crippen LogP contribution in [0, 0.1) is 0 Å². The topological polar surface area (TPSA) is 75.4 Å². The highest BCUT2D eigenvalue weighted by atomic mass is 35.5. The van der Waals surface area contributed by atoms with Crippen LogP contribution in [0.25, 0.3) is 11.1 Å². The van der Waals surface area contributed by atoms with Gasteiger partial charge in [-0.2, -0.15) is 0 Å². The number of fused-ring (bicyclic) bond motifs is 2. The average Bonchev–Trinajstić information content (AvgIpc) is 3.01. The molecule has 0 fully saturated rings. The number of halogens is 1. The van der Waals surface area contributed by atoms with Crippen LogP contribution in [0.2, 0.25) is 5.02 Å². The molecule has 4 rings (SSSR count). The van der Waals surface area contributed by atoms with Crippen molar-refractivity contribution in [3.8, 4) is 0 Å². The van der Waals surface area contributed by atoms with E-state index in [0.29, 0.717) is 32.7 Å². The van der Waals surface area contributed by atoms with Gasteiger partial charge in [-0.1, -0.05) is 35.5 Å². The standard InChI is InChI=1S/C18H14ClN3O3S/c1-10(26-18-21-13-7-6-11(19)8-15(13)25-18)17(24)22-9-16(23)20-12-4-2-3-5-14(12)22/h2-8,10H,9H2,1H3,(H,20,23)/t10-/m1/s1. The van der Waals surface area contributed by atoms with E-state index in [1.807, 2.05) is 18.2 Å². The third kappa shape index (κ3) is 3.15. The number of amides is 2. The van der Waals surface area contributed by atoms with Gasteiger partial charge in [0, 0.05) is 11.1 Å². The number of nitrogens with one attached hydrogen (secondary N) is 1. The number of carbonyl (C=O) groups is 2. The number of oxazole rings is 1. The number of thioether (sulfide) groups is 1. The number of hydrogen-bond acceptors (Lipinski definition) is 5. The third-order valence-corrected chi connectivity index (χ3v) is 5.16. The van der Waals surface area contributed by atoms with E-state index in [2.05, 4.69) is 10.3 Å². The molecule has 0 unspecified atom stereocenters. The van der Waals surface area contributed by atoms with E-state index in [9.17, 15) is 9.59 Å². The van der Waals surface area contributed by atoms with E-state index in [-0.39, 0.29) is 18.4 Å². The van der Waals surface area contributed by atoms with Gasteiger partial charge in [0.05, 0.1) is 16.6 Å². The van der Waals surface area contributed by atoms with Gasteiger partial charge < -0.3 is 9.73 Å². The van der Waals surface area contributed by atoms with E-state index < -0.39 is 5.25 Å². The van der Waals surface area contributed by atoms with Crippen LogP contribution >= 0.6 is 23.4 Å². The monoisotopic (exact) mass is 387 g/mol. The average molecular weight is 388 g/mol. The molecule has 0 radical (unpaired) electrons. The van der Waals surface area contributed by atoms with Gasteiger partial charge in [0.1, 0.15) is 12.1 Å². The number of hydrogen-bond donors (Lipinski definition) is 1. The molecule has 0 saturated carbocycles. The Morgan fingerprint density at radius 2 is 2.15 bits per heavy atom. The molecule has 1 aliphatic heterocycles. The highest BCUT2D eigenvalue weighted by Crippen LogP contribution is 2.33. The molecule has 2 amide bonds. The van der Waals surface area contributed by atoms with Crippen LogP contribution < -0.4 is 10.2 Å². The number of para-hydroxylation sites is 2. The first-order valence-corrected chi connectivity index (χ1v) is 9.20. The van der Waals surface area contributed by atoms with Crippen LogP contribution in [0.3, 0.4) is 0 Å². The third-order valence-electron chi connectivity index (χ3n) is 3.99. The Bertz CT molecular complexity index is 1020. The summed E-state index contributed by atoms with van der Waals surface area (Å²) >= 11 is 7.16. The van der Waals surface area contributed by atoms with E-state index >= 15 is 0 Å². The number of carbonyl (C=O) groups excluding carboxylic acids is 2. The van der Waals surface area contributed by atoms with Crippen molar-refractivity contribution < 1.29 is 14.0 Å². The molecule has 2 heterocycles. The highest BCUT2D eigenvalue weighted by Gasteiger charge is 2.30. The Hall–Kier alpha value is -2.51. The summed E-state index contributed by atoms with van der Waals surface area (Å²) in [6.45, 7) is 1.76. The second-order valence-corrected chi connectivity index (χ2v) is 7.57. The number of benzene rings is 2. The lowest BCUT2D eigenvalue weighted by Crippen LogP contribution is -2.45. The lowest BCUT2D eigenvalue weighted by atomic mass is 10.2. The summed E-state index contributed by atoms with van der Waals surface area (Å²) in [6.07, 6.45) is 0. The van der Waals surface area contributed by atoms with Crippen molar-refractivity contribution in [2.45, 2.75) is 17.4 Å². The fourth-order valence-electron chi connectivity index (χ4n) is 2.78. The molecule has 2 aromatic carbocycles. The second kappa shape index (κ2) is 6.66. The fraction of sp³-hybridized carbons (Fsp3) is 0.167. The van der Waals surface area contributed by atoms with E-state index in [1.165, 1.54) is 16.7 Å². The van der Waals surface area contributed by atoms with Gasteiger partial charge >= 0.3 is 0 Å². The van der Waals surface area contributed by atoms with Crippen molar-refractivity contribution in [1.29, 1.82) is 0 Å². The summed E-state index contributed by atoms with van der Waals surface area (Å²) in [7, 11) is 0. The first-order chi connectivity index (χ1) is 12.5. The molecule has 1 aromatic heterocycles. The molecular weight excluding hydrogens is 374 g/mol. The van der Waals surface area contributed by atoms with Crippen LogP contribution in [0.4, 0.5) is 11.4 Å². The van der Waals surface area contributed by atoms with E-state index in [1.54, 1.807) is 31.2 Å². The molecule has 1 atom stereocenters. The zero-order chi connectivity index (χ0) is 18.3. The predicted octanol–water partition coefficient (Wildman–Crippen LogP) is 3.95. The molecule has 3 aromatic rings. The lowest BCUT2D eigenvalue weighted by Gasteiger charge is -2.30. The summed E-state index contributed by atoms with van der Waals surface area (Å²) < 4.78 is 5.66. The summed E-state index contributed by atoms with van der Waals surface area (Å²) in [5, 5.41) is 3.25. The molecular formula is C18H14ClN3O3S. The smallest absolute Gasteiger partial charge is 0.257 e. The van der Waals surface area contributed by atoms with Crippen LogP contribution in [0.1, 0.15) is 6.92 Å². The predicted molar refractivity (Wildman–Crippen MR) is 102 cm³/mol. The second-order valence-electron chi connectivity index (χ2n) is 5.84. The Labute approximate surface area is 158 Å². The largest absolute Gasteiger partial charge is 0.431 e. The Morgan fingerprint density at radius 1 is 1.35 bits per heavy atom. The summed E-state index contributed by atoms with van der Waals surface area (Å²) in [4.78, 5) is 30.7. The lowest BCUT2D eigenvalue weighted by molar-refractivity contribution is -0.121. The maximum atomic E-state index is 12.9.